The number of nitrogens with two attached hydrogens (primary N) is 2. The fourth-order valence-electron chi connectivity index (χ4n) is 2.64. The Morgan fingerprint density at radius 2 is 1.90 bits per heavy atom. The molecule has 0 unspecified atom stereocenters. The van der Waals surface area contributed by atoms with Gasteiger partial charge in [-0.2, -0.15) is 13.2 Å². The zero-order chi connectivity index (χ0) is 15.6. The molecule has 0 heterocycles. The van der Waals surface area contributed by atoms with Crippen molar-refractivity contribution in [2.75, 3.05) is 5.32 Å². The molecule has 1 amide bonds. The molecule has 1 saturated carbocycles. The third-order valence-corrected chi connectivity index (χ3v) is 3.76. The van der Waals surface area contributed by atoms with Crippen molar-refractivity contribution in [2.24, 2.45) is 11.5 Å². The van der Waals surface area contributed by atoms with Crippen molar-refractivity contribution in [3.05, 3.63) is 29.3 Å². The second-order valence-electron chi connectivity index (χ2n) is 5.32. The molecule has 1 aromatic rings. The molecule has 0 spiro atoms. The third-order valence-electron chi connectivity index (χ3n) is 3.76. The number of benzene rings is 1. The second kappa shape index (κ2) is 5.93. The summed E-state index contributed by atoms with van der Waals surface area (Å²) < 4.78 is 39.0. The SMILES string of the molecule is NC(=O)c1ccc(N[C@@H]2CCCC[C@H]2N)cc1C(F)(F)F. The van der Waals surface area contributed by atoms with E-state index in [1.165, 1.54) is 6.07 Å². The van der Waals surface area contributed by atoms with Crippen LogP contribution in [0.25, 0.3) is 0 Å². The minimum atomic E-state index is -4.63. The standard InChI is InChI=1S/C14H18F3N3O/c15-14(16,17)10-7-8(5-6-9(10)13(19)21)20-12-4-2-1-3-11(12)18/h5-7,11-12,20H,1-4,18H2,(H2,19,21)/t11-,12-/m1/s1. The van der Waals surface area contributed by atoms with Gasteiger partial charge in [0, 0.05) is 17.8 Å². The van der Waals surface area contributed by atoms with Gasteiger partial charge in [0.1, 0.15) is 0 Å². The van der Waals surface area contributed by atoms with Crippen LogP contribution < -0.4 is 16.8 Å². The number of nitrogens with one attached hydrogen (secondary N) is 1. The van der Waals surface area contributed by atoms with Gasteiger partial charge in [-0.15, -0.1) is 0 Å². The maximum atomic E-state index is 13.0. The molecule has 0 bridgehead atoms. The zero-order valence-corrected chi connectivity index (χ0v) is 11.4. The van der Waals surface area contributed by atoms with E-state index in [0.29, 0.717) is 5.69 Å². The van der Waals surface area contributed by atoms with E-state index in [2.05, 4.69) is 5.32 Å². The lowest BCUT2D eigenvalue weighted by molar-refractivity contribution is -0.137. The number of amides is 1. The van der Waals surface area contributed by atoms with Crippen molar-refractivity contribution in [1.29, 1.82) is 0 Å². The predicted octanol–water partition coefficient (Wildman–Crippen LogP) is 2.49. The topological polar surface area (TPSA) is 81.1 Å². The van der Waals surface area contributed by atoms with Gasteiger partial charge in [-0.3, -0.25) is 4.79 Å². The lowest BCUT2D eigenvalue weighted by Gasteiger charge is -2.30. The molecule has 5 N–H and O–H groups in total. The molecule has 21 heavy (non-hydrogen) atoms. The number of carbonyl (C=O) groups is 1. The van der Waals surface area contributed by atoms with Crippen molar-refractivity contribution in [3.63, 3.8) is 0 Å². The molecule has 2 rings (SSSR count). The maximum Gasteiger partial charge on any atom is 0.417 e. The van der Waals surface area contributed by atoms with E-state index in [1.54, 1.807) is 0 Å². The Labute approximate surface area is 120 Å². The van der Waals surface area contributed by atoms with Gasteiger partial charge < -0.3 is 16.8 Å². The Morgan fingerprint density at radius 1 is 1.24 bits per heavy atom. The van der Waals surface area contributed by atoms with Gasteiger partial charge in [0.2, 0.25) is 5.91 Å². The lowest BCUT2D eigenvalue weighted by Crippen LogP contribution is -2.42. The van der Waals surface area contributed by atoms with Crippen LogP contribution in [0.1, 0.15) is 41.6 Å². The van der Waals surface area contributed by atoms with E-state index < -0.39 is 23.2 Å². The van der Waals surface area contributed by atoms with Crippen molar-refractivity contribution in [1.82, 2.24) is 0 Å². The van der Waals surface area contributed by atoms with E-state index in [0.717, 1.165) is 37.8 Å². The van der Waals surface area contributed by atoms with Crippen LogP contribution in [-0.2, 0) is 6.18 Å². The summed E-state index contributed by atoms with van der Waals surface area (Å²) in [6, 6.07) is 3.31. The van der Waals surface area contributed by atoms with Crippen LogP contribution in [-0.4, -0.2) is 18.0 Å². The normalized spacial score (nSPS) is 22.9. The fourth-order valence-corrected chi connectivity index (χ4v) is 2.64. The van der Waals surface area contributed by atoms with Gasteiger partial charge in [0.05, 0.1) is 11.1 Å². The Hall–Kier alpha value is -1.76. The lowest BCUT2D eigenvalue weighted by atomic mass is 9.90. The number of hydrogen-bond acceptors (Lipinski definition) is 3. The van der Waals surface area contributed by atoms with Gasteiger partial charge in [-0.05, 0) is 31.0 Å². The highest BCUT2D eigenvalue weighted by Crippen LogP contribution is 2.34. The minimum Gasteiger partial charge on any atom is -0.381 e. The van der Waals surface area contributed by atoms with E-state index in [4.69, 9.17) is 11.5 Å². The summed E-state index contributed by atoms with van der Waals surface area (Å²) >= 11 is 0. The smallest absolute Gasteiger partial charge is 0.381 e. The summed E-state index contributed by atoms with van der Waals surface area (Å²) in [6.07, 6.45) is -0.926. The molecule has 0 aromatic heterocycles. The summed E-state index contributed by atoms with van der Waals surface area (Å²) in [7, 11) is 0. The zero-order valence-electron chi connectivity index (χ0n) is 11.4. The predicted molar refractivity (Wildman–Crippen MR) is 73.8 cm³/mol. The van der Waals surface area contributed by atoms with Crippen LogP contribution in [0.5, 0.6) is 0 Å². The molecular formula is C14H18F3N3O. The van der Waals surface area contributed by atoms with Crippen molar-refractivity contribution in [2.45, 2.75) is 43.9 Å². The minimum absolute atomic E-state index is 0.0562. The first kappa shape index (κ1) is 15.6. The van der Waals surface area contributed by atoms with Gasteiger partial charge in [-0.1, -0.05) is 12.8 Å². The van der Waals surface area contributed by atoms with Crippen molar-refractivity contribution in [3.8, 4) is 0 Å². The van der Waals surface area contributed by atoms with E-state index in [1.807, 2.05) is 0 Å². The summed E-state index contributed by atoms with van der Waals surface area (Å²) in [4.78, 5) is 11.1. The average molecular weight is 301 g/mol. The van der Waals surface area contributed by atoms with E-state index >= 15 is 0 Å². The van der Waals surface area contributed by atoms with E-state index in [-0.39, 0.29) is 12.1 Å². The monoisotopic (exact) mass is 301 g/mol. The average Bonchev–Trinajstić information content (AvgIpc) is 2.40. The van der Waals surface area contributed by atoms with Crippen LogP contribution in [0, 0.1) is 0 Å². The van der Waals surface area contributed by atoms with Crippen molar-refractivity contribution < 1.29 is 18.0 Å². The largest absolute Gasteiger partial charge is 0.417 e. The molecule has 1 aliphatic rings. The molecule has 1 aromatic carbocycles. The van der Waals surface area contributed by atoms with Crippen molar-refractivity contribution >= 4 is 11.6 Å². The number of halogens is 3. The van der Waals surface area contributed by atoms with Crippen LogP contribution in [0.4, 0.5) is 18.9 Å². The summed E-state index contributed by atoms with van der Waals surface area (Å²) in [5.74, 6) is -1.09. The Kier molecular flexibility index (Phi) is 4.41. The van der Waals surface area contributed by atoms with Gasteiger partial charge in [0.25, 0.3) is 0 Å². The Morgan fingerprint density at radius 3 is 2.48 bits per heavy atom. The highest BCUT2D eigenvalue weighted by Gasteiger charge is 2.35. The first-order valence-electron chi connectivity index (χ1n) is 6.82. The maximum absolute atomic E-state index is 13.0. The number of anilines is 1. The second-order valence-corrected chi connectivity index (χ2v) is 5.32. The first-order chi connectivity index (χ1) is 9.79. The van der Waals surface area contributed by atoms with E-state index in [9.17, 15) is 18.0 Å². The van der Waals surface area contributed by atoms with Crippen LogP contribution in [0.15, 0.2) is 18.2 Å². The van der Waals surface area contributed by atoms with Crippen LogP contribution >= 0.6 is 0 Å². The van der Waals surface area contributed by atoms with Crippen LogP contribution in [0.3, 0.4) is 0 Å². The summed E-state index contributed by atoms with van der Waals surface area (Å²) in [5, 5.41) is 3.03. The highest BCUT2D eigenvalue weighted by molar-refractivity contribution is 5.95. The number of carbonyl (C=O) groups excluding carboxylic acids is 1. The van der Waals surface area contributed by atoms with Gasteiger partial charge in [0.15, 0.2) is 0 Å². The van der Waals surface area contributed by atoms with Gasteiger partial charge in [-0.25, -0.2) is 0 Å². The third kappa shape index (κ3) is 3.66. The molecule has 4 nitrogen and oxygen atoms in total. The number of hydrogen-bond donors (Lipinski definition) is 3. The number of primary amides is 1. The highest BCUT2D eigenvalue weighted by atomic mass is 19.4. The fraction of sp³-hybridized carbons (Fsp3) is 0.500. The molecule has 1 fully saturated rings. The molecule has 2 atom stereocenters. The summed E-state index contributed by atoms with van der Waals surface area (Å²) in [6.45, 7) is 0. The molecule has 0 aliphatic heterocycles. The Balaban J connectivity index is 2.27. The first-order valence-corrected chi connectivity index (χ1v) is 6.82. The Bertz CT molecular complexity index is 531. The molecular weight excluding hydrogens is 283 g/mol. The molecule has 0 radical (unpaired) electrons. The molecule has 7 heteroatoms. The molecule has 116 valence electrons. The summed E-state index contributed by atoms with van der Waals surface area (Å²) in [5.41, 5.74) is 9.71. The number of alkyl halides is 3. The van der Waals surface area contributed by atoms with Gasteiger partial charge >= 0.3 is 6.18 Å². The molecule has 0 saturated heterocycles. The molecule has 1 aliphatic carbocycles. The quantitative estimate of drug-likeness (QED) is 0.802. The number of rotatable bonds is 3. The van der Waals surface area contributed by atoms with Crippen LogP contribution in [0.2, 0.25) is 0 Å².